The molecule has 0 heterocycles. The van der Waals surface area contributed by atoms with E-state index in [1.54, 1.807) is 50.4 Å². The van der Waals surface area contributed by atoms with Gasteiger partial charge in [0.05, 0.1) is 25.0 Å². The van der Waals surface area contributed by atoms with E-state index in [4.69, 9.17) is 37.4 Å². The molecule has 0 radical (unpaired) electrons. The first kappa shape index (κ1) is 20.9. The molecule has 2 rings (SSSR count). The molecule has 0 saturated carbocycles. The van der Waals surface area contributed by atoms with Gasteiger partial charge in [-0.3, -0.25) is 4.79 Å². The summed E-state index contributed by atoms with van der Waals surface area (Å²) in [6.07, 6.45) is 0.702. The minimum Gasteiger partial charge on any atom is -0.493 e. The van der Waals surface area contributed by atoms with Crippen molar-refractivity contribution in [3.63, 3.8) is 0 Å². The maximum atomic E-state index is 12.1. The molecule has 2 aromatic rings. The van der Waals surface area contributed by atoms with E-state index in [1.807, 2.05) is 6.92 Å². The maximum Gasteiger partial charge on any atom is 0.280 e. The van der Waals surface area contributed by atoms with E-state index >= 15 is 0 Å². The molecule has 1 amide bonds. The van der Waals surface area contributed by atoms with Crippen molar-refractivity contribution >= 4 is 35.3 Å². The number of benzene rings is 2. The highest BCUT2D eigenvalue weighted by Gasteiger charge is 2.15. The molecule has 0 aliphatic rings. The van der Waals surface area contributed by atoms with Crippen molar-refractivity contribution in [3.05, 3.63) is 52.0 Å². The Bertz CT molecular complexity index is 827. The van der Waals surface area contributed by atoms with E-state index < -0.39 is 12.0 Å². The van der Waals surface area contributed by atoms with Crippen molar-refractivity contribution in [3.8, 4) is 17.2 Å². The molecule has 1 N–H and O–H groups in total. The number of ether oxygens (including phenoxy) is 3. The number of halogens is 2. The third-order valence-electron chi connectivity index (χ3n) is 3.44. The Hall–Kier alpha value is -2.44. The zero-order chi connectivity index (χ0) is 19.8. The Kier molecular flexibility index (Phi) is 7.76. The van der Waals surface area contributed by atoms with Crippen LogP contribution in [-0.2, 0) is 4.79 Å². The topological polar surface area (TPSA) is 69.2 Å². The zero-order valence-corrected chi connectivity index (χ0v) is 16.7. The summed E-state index contributed by atoms with van der Waals surface area (Å²) < 4.78 is 16.3. The van der Waals surface area contributed by atoms with Crippen LogP contribution in [-0.4, -0.2) is 31.9 Å². The van der Waals surface area contributed by atoms with Crippen LogP contribution in [0.4, 0.5) is 0 Å². The molecule has 27 heavy (non-hydrogen) atoms. The van der Waals surface area contributed by atoms with Gasteiger partial charge in [-0.25, -0.2) is 5.43 Å². The first-order valence-electron chi connectivity index (χ1n) is 8.20. The normalized spacial score (nSPS) is 11.9. The summed E-state index contributed by atoms with van der Waals surface area (Å²) in [7, 11) is 1.56. The number of methoxy groups -OCH3 is 1. The number of hydrogen-bond acceptors (Lipinski definition) is 5. The zero-order valence-electron chi connectivity index (χ0n) is 15.2. The Morgan fingerprint density at radius 2 is 1.93 bits per heavy atom. The van der Waals surface area contributed by atoms with Crippen molar-refractivity contribution in [1.82, 2.24) is 5.43 Å². The SMILES string of the molecule is CCOc1ccc(C=NNC(=O)C(C)Oc2ccc(Cl)cc2Cl)cc1OC. The highest BCUT2D eigenvalue weighted by molar-refractivity contribution is 6.35. The largest absolute Gasteiger partial charge is 0.493 e. The van der Waals surface area contributed by atoms with Crippen LogP contribution in [0.25, 0.3) is 0 Å². The maximum absolute atomic E-state index is 12.1. The number of amides is 1. The minimum atomic E-state index is -0.796. The molecule has 144 valence electrons. The van der Waals surface area contributed by atoms with Gasteiger partial charge in [0.1, 0.15) is 5.75 Å². The third kappa shape index (κ3) is 6.05. The first-order chi connectivity index (χ1) is 12.9. The third-order valence-corrected chi connectivity index (χ3v) is 3.97. The molecular formula is C19H20Cl2N2O4. The molecule has 0 aliphatic heterocycles. The van der Waals surface area contributed by atoms with E-state index in [-0.39, 0.29) is 0 Å². The number of rotatable bonds is 8. The molecule has 0 saturated heterocycles. The van der Waals surface area contributed by atoms with Gasteiger partial charge in [-0.1, -0.05) is 23.2 Å². The predicted molar refractivity (Wildman–Crippen MR) is 106 cm³/mol. The number of hydrazone groups is 1. The van der Waals surface area contributed by atoms with Crippen LogP contribution < -0.4 is 19.6 Å². The molecule has 0 fully saturated rings. The van der Waals surface area contributed by atoms with Crippen LogP contribution >= 0.6 is 23.2 Å². The second-order valence-corrected chi connectivity index (χ2v) is 6.26. The fourth-order valence-corrected chi connectivity index (χ4v) is 2.57. The molecule has 0 bridgehead atoms. The quantitative estimate of drug-likeness (QED) is 0.519. The van der Waals surface area contributed by atoms with Gasteiger partial charge in [-0.15, -0.1) is 0 Å². The van der Waals surface area contributed by atoms with E-state index in [0.29, 0.717) is 33.9 Å². The predicted octanol–water partition coefficient (Wildman–Crippen LogP) is 4.32. The van der Waals surface area contributed by atoms with Gasteiger partial charge in [-0.2, -0.15) is 5.10 Å². The van der Waals surface area contributed by atoms with E-state index in [2.05, 4.69) is 10.5 Å². The number of nitrogens with zero attached hydrogens (tertiary/aromatic N) is 1. The first-order valence-corrected chi connectivity index (χ1v) is 8.95. The molecule has 1 unspecified atom stereocenters. The van der Waals surface area contributed by atoms with Crippen LogP contribution in [0.3, 0.4) is 0 Å². The highest BCUT2D eigenvalue weighted by atomic mass is 35.5. The van der Waals surface area contributed by atoms with Gasteiger partial charge in [0, 0.05) is 5.02 Å². The summed E-state index contributed by atoms with van der Waals surface area (Å²) in [6.45, 7) is 4.02. The lowest BCUT2D eigenvalue weighted by Gasteiger charge is -2.14. The monoisotopic (exact) mass is 410 g/mol. The lowest BCUT2D eigenvalue weighted by Crippen LogP contribution is -2.33. The van der Waals surface area contributed by atoms with Gasteiger partial charge in [0.2, 0.25) is 0 Å². The molecule has 0 aliphatic carbocycles. The van der Waals surface area contributed by atoms with Gasteiger partial charge < -0.3 is 14.2 Å². The minimum absolute atomic E-state index is 0.326. The average Bonchev–Trinajstić information content (AvgIpc) is 2.65. The number of carbonyl (C=O) groups excluding carboxylic acids is 1. The Morgan fingerprint density at radius 3 is 2.59 bits per heavy atom. The lowest BCUT2D eigenvalue weighted by atomic mass is 10.2. The van der Waals surface area contributed by atoms with Gasteiger partial charge in [0.15, 0.2) is 17.6 Å². The highest BCUT2D eigenvalue weighted by Crippen LogP contribution is 2.28. The molecular weight excluding hydrogens is 391 g/mol. The van der Waals surface area contributed by atoms with Crippen LogP contribution in [0.5, 0.6) is 17.2 Å². The smallest absolute Gasteiger partial charge is 0.280 e. The fraction of sp³-hybridized carbons (Fsp3) is 0.263. The van der Waals surface area contributed by atoms with Crippen molar-refractivity contribution in [2.24, 2.45) is 5.10 Å². The molecule has 2 aromatic carbocycles. The van der Waals surface area contributed by atoms with Crippen LogP contribution in [0.2, 0.25) is 10.0 Å². The van der Waals surface area contributed by atoms with Crippen LogP contribution in [0.15, 0.2) is 41.5 Å². The van der Waals surface area contributed by atoms with Crippen molar-refractivity contribution in [2.75, 3.05) is 13.7 Å². The fourth-order valence-electron chi connectivity index (χ4n) is 2.12. The second-order valence-electron chi connectivity index (χ2n) is 5.41. The van der Waals surface area contributed by atoms with Gasteiger partial charge >= 0.3 is 0 Å². The van der Waals surface area contributed by atoms with Crippen LogP contribution in [0, 0.1) is 0 Å². The van der Waals surface area contributed by atoms with Crippen LogP contribution in [0.1, 0.15) is 19.4 Å². The number of carbonyl (C=O) groups is 1. The summed E-state index contributed by atoms with van der Waals surface area (Å²) in [6, 6.07) is 10.1. The number of nitrogens with one attached hydrogen (secondary N) is 1. The molecule has 1 atom stereocenters. The molecule has 0 spiro atoms. The molecule has 6 nitrogen and oxygen atoms in total. The molecule has 8 heteroatoms. The summed E-state index contributed by atoms with van der Waals surface area (Å²) in [5.41, 5.74) is 3.16. The Morgan fingerprint density at radius 1 is 1.19 bits per heavy atom. The summed E-state index contributed by atoms with van der Waals surface area (Å²) in [5.74, 6) is 1.17. The summed E-state index contributed by atoms with van der Waals surface area (Å²) in [5, 5.41) is 4.75. The number of hydrogen-bond donors (Lipinski definition) is 1. The van der Waals surface area contributed by atoms with Gasteiger partial charge in [-0.05, 0) is 55.8 Å². The standard InChI is InChI=1S/C19H20Cl2N2O4/c1-4-26-17-7-5-13(9-18(17)25-3)11-22-23-19(24)12(2)27-16-8-6-14(20)10-15(16)21/h5-12H,4H2,1-3H3,(H,23,24). The Balaban J connectivity index is 1.95. The van der Waals surface area contributed by atoms with Crippen molar-refractivity contribution < 1.29 is 19.0 Å². The second kappa shape index (κ2) is 10.0. The van der Waals surface area contributed by atoms with Crippen molar-refractivity contribution in [1.29, 1.82) is 0 Å². The van der Waals surface area contributed by atoms with E-state index in [0.717, 1.165) is 5.56 Å². The average molecular weight is 411 g/mol. The molecule has 0 aromatic heterocycles. The van der Waals surface area contributed by atoms with E-state index in [1.165, 1.54) is 6.21 Å². The summed E-state index contributed by atoms with van der Waals surface area (Å²) >= 11 is 11.9. The lowest BCUT2D eigenvalue weighted by molar-refractivity contribution is -0.127. The van der Waals surface area contributed by atoms with E-state index in [9.17, 15) is 4.79 Å². The summed E-state index contributed by atoms with van der Waals surface area (Å²) in [4.78, 5) is 12.1. The van der Waals surface area contributed by atoms with Gasteiger partial charge in [0.25, 0.3) is 5.91 Å². The van der Waals surface area contributed by atoms with Crippen molar-refractivity contribution in [2.45, 2.75) is 20.0 Å². The Labute approximate surface area is 168 Å².